The van der Waals surface area contributed by atoms with Gasteiger partial charge < -0.3 is 11.5 Å². The Morgan fingerprint density at radius 2 is 2.15 bits per heavy atom. The van der Waals surface area contributed by atoms with Crippen LogP contribution in [0, 0.1) is 5.41 Å². The van der Waals surface area contributed by atoms with E-state index < -0.39 is 0 Å². The largest absolute Gasteiger partial charge is 0.330 e. The molecule has 74 valence electrons. The SMILES string of the molecule is CC1(CCN)C=CC(CCN)=CC1. The normalized spacial score (nSPS) is 27.5. The van der Waals surface area contributed by atoms with Gasteiger partial charge in [-0.05, 0) is 37.8 Å². The number of nitrogens with two attached hydrogens (primary N) is 2. The number of allylic oxidation sites excluding steroid dienone is 3. The van der Waals surface area contributed by atoms with Gasteiger partial charge in [-0.2, -0.15) is 0 Å². The summed E-state index contributed by atoms with van der Waals surface area (Å²) < 4.78 is 0. The minimum Gasteiger partial charge on any atom is -0.330 e. The molecule has 0 amide bonds. The Hall–Kier alpha value is -0.600. The molecule has 2 nitrogen and oxygen atoms in total. The van der Waals surface area contributed by atoms with Crippen LogP contribution in [0.15, 0.2) is 23.8 Å². The second kappa shape index (κ2) is 4.58. The van der Waals surface area contributed by atoms with Crippen molar-refractivity contribution >= 4 is 0 Å². The molecule has 1 atom stereocenters. The molecule has 0 aliphatic heterocycles. The van der Waals surface area contributed by atoms with Crippen LogP contribution in [0.3, 0.4) is 0 Å². The second-order valence-corrected chi connectivity index (χ2v) is 4.05. The van der Waals surface area contributed by atoms with E-state index in [2.05, 4.69) is 25.2 Å². The van der Waals surface area contributed by atoms with Crippen molar-refractivity contribution in [3.05, 3.63) is 23.8 Å². The summed E-state index contributed by atoms with van der Waals surface area (Å²) in [4.78, 5) is 0. The number of hydrogen-bond donors (Lipinski definition) is 2. The lowest BCUT2D eigenvalue weighted by Gasteiger charge is -2.27. The summed E-state index contributed by atoms with van der Waals surface area (Å²) >= 11 is 0. The molecule has 0 bridgehead atoms. The number of rotatable bonds is 4. The predicted molar refractivity (Wildman–Crippen MR) is 57.3 cm³/mol. The molecule has 0 saturated heterocycles. The van der Waals surface area contributed by atoms with Crippen molar-refractivity contribution in [1.29, 1.82) is 0 Å². The van der Waals surface area contributed by atoms with Gasteiger partial charge in [0.15, 0.2) is 0 Å². The summed E-state index contributed by atoms with van der Waals surface area (Å²) in [7, 11) is 0. The zero-order valence-electron chi connectivity index (χ0n) is 8.42. The van der Waals surface area contributed by atoms with Gasteiger partial charge >= 0.3 is 0 Å². The summed E-state index contributed by atoms with van der Waals surface area (Å²) in [5, 5.41) is 0. The van der Waals surface area contributed by atoms with Crippen molar-refractivity contribution in [1.82, 2.24) is 0 Å². The van der Waals surface area contributed by atoms with Crippen LogP contribution in [-0.4, -0.2) is 13.1 Å². The average Bonchev–Trinajstić information content (AvgIpc) is 2.10. The van der Waals surface area contributed by atoms with E-state index in [-0.39, 0.29) is 5.41 Å². The first-order chi connectivity index (χ1) is 6.20. The Balaban J connectivity index is 2.51. The fourth-order valence-electron chi connectivity index (χ4n) is 1.68. The van der Waals surface area contributed by atoms with E-state index in [1.165, 1.54) is 5.57 Å². The van der Waals surface area contributed by atoms with E-state index in [9.17, 15) is 0 Å². The molecule has 0 fully saturated rings. The van der Waals surface area contributed by atoms with Gasteiger partial charge in [-0.1, -0.05) is 30.7 Å². The van der Waals surface area contributed by atoms with Gasteiger partial charge in [-0.3, -0.25) is 0 Å². The van der Waals surface area contributed by atoms with Gasteiger partial charge in [0.2, 0.25) is 0 Å². The van der Waals surface area contributed by atoms with Gasteiger partial charge in [-0.15, -0.1) is 0 Å². The van der Waals surface area contributed by atoms with Crippen LogP contribution in [0.4, 0.5) is 0 Å². The lowest BCUT2D eigenvalue weighted by Crippen LogP contribution is -2.19. The molecule has 13 heavy (non-hydrogen) atoms. The fraction of sp³-hybridized carbons (Fsp3) is 0.636. The molecule has 1 aliphatic rings. The van der Waals surface area contributed by atoms with E-state index in [4.69, 9.17) is 11.5 Å². The quantitative estimate of drug-likeness (QED) is 0.690. The highest BCUT2D eigenvalue weighted by Crippen LogP contribution is 2.32. The van der Waals surface area contributed by atoms with Gasteiger partial charge in [0.25, 0.3) is 0 Å². The first-order valence-corrected chi connectivity index (χ1v) is 4.98. The summed E-state index contributed by atoms with van der Waals surface area (Å²) in [6, 6.07) is 0. The van der Waals surface area contributed by atoms with Crippen LogP contribution in [0.2, 0.25) is 0 Å². The van der Waals surface area contributed by atoms with Crippen LogP contribution < -0.4 is 11.5 Å². The monoisotopic (exact) mass is 180 g/mol. The maximum absolute atomic E-state index is 5.56. The molecule has 1 rings (SSSR count). The van der Waals surface area contributed by atoms with Crippen molar-refractivity contribution in [2.45, 2.75) is 26.2 Å². The lowest BCUT2D eigenvalue weighted by molar-refractivity contribution is 0.398. The van der Waals surface area contributed by atoms with Crippen LogP contribution in [0.1, 0.15) is 26.2 Å². The van der Waals surface area contributed by atoms with E-state index in [1.54, 1.807) is 0 Å². The minimum absolute atomic E-state index is 0.285. The molecular formula is C11H20N2. The van der Waals surface area contributed by atoms with E-state index in [0.29, 0.717) is 0 Å². The Morgan fingerprint density at radius 3 is 2.62 bits per heavy atom. The molecule has 0 radical (unpaired) electrons. The zero-order chi connectivity index (χ0) is 9.73. The standard InChI is InChI=1S/C11H20N2/c1-11(7-9-13)5-2-10(3-6-11)4-8-12/h2-3,5H,4,6-9,12-13H2,1H3. The molecule has 0 aromatic rings. The molecule has 2 heteroatoms. The maximum Gasteiger partial charge on any atom is -0.00368 e. The van der Waals surface area contributed by atoms with Gasteiger partial charge in [0.05, 0.1) is 0 Å². The van der Waals surface area contributed by atoms with Crippen LogP contribution >= 0.6 is 0 Å². The third kappa shape index (κ3) is 2.98. The smallest absolute Gasteiger partial charge is 0.00368 e. The molecular weight excluding hydrogens is 160 g/mol. The Morgan fingerprint density at radius 1 is 1.38 bits per heavy atom. The molecule has 0 spiro atoms. The highest BCUT2D eigenvalue weighted by Gasteiger charge is 2.20. The lowest BCUT2D eigenvalue weighted by atomic mass is 9.79. The topological polar surface area (TPSA) is 52.0 Å². The highest BCUT2D eigenvalue weighted by molar-refractivity contribution is 5.26. The Labute approximate surface area is 80.7 Å². The zero-order valence-corrected chi connectivity index (χ0v) is 8.42. The first-order valence-electron chi connectivity index (χ1n) is 4.98. The third-order valence-corrected chi connectivity index (χ3v) is 2.68. The Kier molecular flexibility index (Phi) is 3.70. The van der Waals surface area contributed by atoms with Crippen molar-refractivity contribution in [2.75, 3.05) is 13.1 Å². The van der Waals surface area contributed by atoms with Crippen LogP contribution in [0.25, 0.3) is 0 Å². The van der Waals surface area contributed by atoms with E-state index in [1.807, 2.05) is 0 Å². The summed E-state index contributed by atoms with van der Waals surface area (Å²) in [5.41, 5.74) is 12.7. The number of hydrogen-bond acceptors (Lipinski definition) is 2. The second-order valence-electron chi connectivity index (χ2n) is 4.05. The molecule has 4 N–H and O–H groups in total. The van der Waals surface area contributed by atoms with Gasteiger partial charge in [-0.25, -0.2) is 0 Å². The van der Waals surface area contributed by atoms with Crippen molar-refractivity contribution in [2.24, 2.45) is 16.9 Å². The van der Waals surface area contributed by atoms with Gasteiger partial charge in [0.1, 0.15) is 0 Å². The molecule has 1 aliphatic carbocycles. The van der Waals surface area contributed by atoms with Crippen molar-refractivity contribution in [3.63, 3.8) is 0 Å². The minimum atomic E-state index is 0.285. The van der Waals surface area contributed by atoms with E-state index >= 15 is 0 Å². The molecule has 0 aromatic heterocycles. The summed E-state index contributed by atoms with van der Waals surface area (Å²) in [6.45, 7) is 3.76. The summed E-state index contributed by atoms with van der Waals surface area (Å²) in [5.74, 6) is 0. The molecule has 1 unspecified atom stereocenters. The average molecular weight is 180 g/mol. The Bertz CT molecular complexity index is 218. The maximum atomic E-state index is 5.56. The third-order valence-electron chi connectivity index (χ3n) is 2.68. The van der Waals surface area contributed by atoms with Crippen molar-refractivity contribution < 1.29 is 0 Å². The molecule has 0 aromatic carbocycles. The fourth-order valence-corrected chi connectivity index (χ4v) is 1.68. The molecule has 0 saturated carbocycles. The first kappa shape index (κ1) is 10.5. The van der Waals surface area contributed by atoms with Crippen LogP contribution in [0.5, 0.6) is 0 Å². The summed E-state index contributed by atoms with van der Waals surface area (Å²) in [6.07, 6.45) is 9.94. The predicted octanol–water partition coefficient (Wildman–Crippen LogP) is 1.58. The van der Waals surface area contributed by atoms with E-state index in [0.717, 1.165) is 32.4 Å². The van der Waals surface area contributed by atoms with Crippen molar-refractivity contribution in [3.8, 4) is 0 Å². The molecule has 0 heterocycles. The highest BCUT2D eigenvalue weighted by atomic mass is 14.5. The van der Waals surface area contributed by atoms with Gasteiger partial charge in [0, 0.05) is 0 Å². The van der Waals surface area contributed by atoms with Crippen LogP contribution in [-0.2, 0) is 0 Å².